The van der Waals surface area contributed by atoms with Crippen molar-refractivity contribution in [3.8, 4) is 17.0 Å². The Labute approximate surface area is 127 Å². The Morgan fingerprint density at radius 2 is 1.86 bits per heavy atom. The monoisotopic (exact) mass is 286 g/mol. The van der Waals surface area contributed by atoms with Gasteiger partial charge in [-0.1, -0.05) is 51.5 Å². The van der Waals surface area contributed by atoms with Crippen LogP contribution in [0.4, 0.5) is 0 Å². The molecular formula is C18H26N2O. The maximum atomic E-state index is 10.6. The number of hydrogen-bond donors (Lipinski definition) is 1. The van der Waals surface area contributed by atoms with Crippen molar-refractivity contribution in [1.82, 2.24) is 9.78 Å². The third kappa shape index (κ3) is 3.66. The fraction of sp³-hybridized carbons (Fsp3) is 0.500. The first-order chi connectivity index (χ1) is 9.88. The predicted molar refractivity (Wildman–Crippen MR) is 87.4 cm³/mol. The van der Waals surface area contributed by atoms with Gasteiger partial charge in [0.05, 0.1) is 0 Å². The van der Waals surface area contributed by atoms with Gasteiger partial charge in [0.2, 0.25) is 0 Å². The largest absolute Gasteiger partial charge is 0.504 e. The molecule has 2 rings (SSSR count). The molecule has 0 saturated carbocycles. The third-order valence-electron chi connectivity index (χ3n) is 3.43. The molecule has 1 heterocycles. The van der Waals surface area contributed by atoms with Crippen molar-refractivity contribution >= 4 is 0 Å². The van der Waals surface area contributed by atoms with Crippen molar-refractivity contribution in [1.29, 1.82) is 0 Å². The second-order valence-electron chi connectivity index (χ2n) is 6.69. The standard InChI is InChI=1S/C18H26N2O/c1-12(2)9-16-18(21)17(20(19-16)11-13(3)4)15-8-6-7-14(5)10-15/h6-8,10,12-13,21H,9,11H2,1-5H3. The molecule has 3 heteroatoms. The quantitative estimate of drug-likeness (QED) is 0.883. The molecule has 0 aliphatic heterocycles. The molecule has 3 nitrogen and oxygen atoms in total. The Morgan fingerprint density at radius 3 is 2.43 bits per heavy atom. The van der Waals surface area contributed by atoms with E-state index in [1.165, 1.54) is 5.56 Å². The van der Waals surface area contributed by atoms with Gasteiger partial charge in [0.25, 0.3) is 0 Å². The summed E-state index contributed by atoms with van der Waals surface area (Å²) in [5.41, 5.74) is 3.88. The van der Waals surface area contributed by atoms with E-state index < -0.39 is 0 Å². The fourth-order valence-electron chi connectivity index (χ4n) is 2.58. The lowest BCUT2D eigenvalue weighted by Crippen LogP contribution is -2.08. The average molecular weight is 286 g/mol. The maximum Gasteiger partial charge on any atom is 0.164 e. The summed E-state index contributed by atoms with van der Waals surface area (Å²) in [7, 11) is 0. The summed E-state index contributed by atoms with van der Waals surface area (Å²) in [6, 6.07) is 8.24. The van der Waals surface area contributed by atoms with Gasteiger partial charge in [-0.3, -0.25) is 4.68 Å². The van der Waals surface area contributed by atoms with Crippen LogP contribution in [0.3, 0.4) is 0 Å². The highest BCUT2D eigenvalue weighted by atomic mass is 16.3. The van der Waals surface area contributed by atoms with Gasteiger partial charge in [0.1, 0.15) is 11.4 Å². The zero-order valence-electron chi connectivity index (χ0n) is 13.7. The molecule has 1 aromatic heterocycles. The number of rotatable bonds is 5. The van der Waals surface area contributed by atoms with E-state index in [-0.39, 0.29) is 0 Å². The zero-order valence-corrected chi connectivity index (χ0v) is 13.7. The van der Waals surface area contributed by atoms with Crippen LogP contribution in [-0.2, 0) is 13.0 Å². The van der Waals surface area contributed by atoms with E-state index in [9.17, 15) is 5.11 Å². The van der Waals surface area contributed by atoms with Crippen LogP contribution in [0.15, 0.2) is 24.3 Å². The molecule has 21 heavy (non-hydrogen) atoms. The lowest BCUT2D eigenvalue weighted by atomic mass is 10.0. The molecule has 0 aliphatic carbocycles. The van der Waals surface area contributed by atoms with Crippen LogP contribution in [0.25, 0.3) is 11.3 Å². The number of aromatic nitrogens is 2. The normalized spacial score (nSPS) is 11.6. The molecule has 0 bridgehead atoms. The first-order valence-electron chi connectivity index (χ1n) is 7.74. The lowest BCUT2D eigenvalue weighted by Gasteiger charge is -2.10. The molecule has 0 spiro atoms. The van der Waals surface area contributed by atoms with Crippen LogP contribution in [0.5, 0.6) is 5.75 Å². The van der Waals surface area contributed by atoms with E-state index in [0.717, 1.165) is 29.9 Å². The highest BCUT2D eigenvalue weighted by molar-refractivity contribution is 5.68. The van der Waals surface area contributed by atoms with Crippen LogP contribution < -0.4 is 0 Å². The van der Waals surface area contributed by atoms with E-state index in [1.807, 2.05) is 16.8 Å². The van der Waals surface area contributed by atoms with Crippen LogP contribution >= 0.6 is 0 Å². The Hall–Kier alpha value is -1.77. The van der Waals surface area contributed by atoms with E-state index in [1.54, 1.807) is 0 Å². The molecule has 0 saturated heterocycles. The average Bonchev–Trinajstić information content (AvgIpc) is 2.64. The van der Waals surface area contributed by atoms with Crippen molar-refractivity contribution in [2.45, 2.75) is 47.6 Å². The molecule has 0 atom stereocenters. The predicted octanol–water partition coefficient (Wildman–Crippen LogP) is 4.42. The minimum atomic E-state index is 0.343. The summed E-state index contributed by atoms with van der Waals surface area (Å²) < 4.78 is 1.96. The molecular weight excluding hydrogens is 260 g/mol. The van der Waals surface area contributed by atoms with Crippen LogP contribution in [-0.4, -0.2) is 14.9 Å². The van der Waals surface area contributed by atoms with E-state index >= 15 is 0 Å². The summed E-state index contributed by atoms with van der Waals surface area (Å²) in [5.74, 6) is 1.30. The number of nitrogens with zero attached hydrogens (tertiary/aromatic N) is 2. The number of aromatic hydroxyl groups is 1. The van der Waals surface area contributed by atoms with E-state index in [0.29, 0.717) is 17.6 Å². The number of aryl methyl sites for hydroxylation is 1. The van der Waals surface area contributed by atoms with E-state index in [2.05, 4.69) is 51.9 Å². The SMILES string of the molecule is Cc1cccc(-c2c(O)c(CC(C)C)nn2CC(C)C)c1. The van der Waals surface area contributed by atoms with Crippen LogP contribution in [0.2, 0.25) is 0 Å². The van der Waals surface area contributed by atoms with Crippen molar-refractivity contribution < 1.29 is 5.11 Å². The maximum absolute atomic E-state index is 10.6. The van der Waals surface area contributed by atoms with Gasteiger partial charge in [0, 0.05) is 12.1 Å². The molecule has 0 amide bonds. The van der Waals surface area contributed by atoms with Gasteiger partial charge in [-0.2, -0.15) is 5.10 Å². The molecule has 2 aromatic rings. The summed E-state index contributed by atoms with van der Waals surface area (Å²) >= 11 is 0. The Balaban J connectivity index is 2.53. The molecule has 0 aliphatic rings. The second kappa shape index (κ2) is 6.33. The first-order valence-corrected chi connectivity index (χ1v) is 7.74. The van der Waals surface area contributed by atoms with Gasteiger partial charge in [-0.25, -0.2) is 0 Å². The van der Waals surface area contributed by atoms with Crippen LogP contribution in [0, 0.1) is 18.8 Å². The van der Waals surface area contributed by atoms with Crippen molar-refractivity contribution in [2.75, 3.05) is 0 Å². The topological polar surface area (TPSA) is 38.1 Å². The van der Waals surface area contributed by atoms with Gasteiger partial charge < -0.3 is 5.11 Å². The van der Waals surface area contributed by atoms with Crippen molar-refractivity contribution in [2.24, 2.45) is 11.8 Å². The number of benzene rings is 1. The summed E-state index contributed by atoms with van der Waals surface area (Å²) in [6.07, 6.45) is 0.801. The third-order valence-corrected chi connectivity index (χ3v) is 3.43. The number of hydrogen-bond acceptors (Lipinski definition) is 2. The van der Waals surface area contributed by atoms with Crippen molar-refractivity contribution in [3.63, 3.8) is 0 Å². The second-order valence-corrected chi connectivity index (χ2v) is 6.69. The molecule has 1 aromatic carbocycles. The Morgan fingerprint density at radius 1 is 1.14 bits per heavy atom. The minimum Gasteiger partial charge on any atom is -0.504 e. The minimum absolute atomic E-state index is 0.343. The molecule has 114 valence electrons. The Kier molecular flexibility index (Phi) is 4.71. The van der Waals surface area contributed by atoms with Gasteiger partial charge in [-0.15, -0.1) is 0 Å². The fourth-order valence-corrected chi connectivity index (χ4v) is 2.58. The van der Waals surface area contributed by atoms with Gasteiger partial charge in [0.15, 0.2) is 5.75 Å². The summed E-state index contributed by atoms with van der Waals surface area (Å²) in [6.45, 7) is 11.5. The lowest BCUT2D eigenvalue weighted by molar-refractivity contribution is 0.463. The first kappa shape index (κ1) is 15.6. The molecule has 1 N–H and O–H groups in total. The summed E-state index contributed by atoms with van der Waals surface area (Å²) in [4.78, 5) is 0. The molecule has 0 unspecified atom stereocenters. The highest BCUT2D eigenvalue weighted by Crippen LogP contribution is 2.34. The highest BCUT2D eigenvalue weighted by Gasteiger charge is 2.20. The van der Waals surface area contributed by atoms with Crippen molar-refractivity contribution in [3.05, 3.63) is 35.5 Å². The van der Waals surface area contributed by atoms with Gasteiger partial charge >= 0.3 is 0 Å². The van der Waals surface area contributed by atoms with Crippen LogP contribution in [0.1, 0.15) is 39.0 Å². The van der Waals surface area contributed by atoms with Gasteiger partial charge in [-0.05, 0) is 31.2 Å². The van der Waals surface area contributed by atoms with E-state index in [4.69, 9.17) is 0 Å². The smallest absolute Gasteiger partial charge is 0.164 e. The summed E-state index contributed by atoms with van der Waals surface area (Å²) in [5, 5.41) is 15.3. The molecule has 0 radical (unpaired) electrons. The Bertz CT molecular complexity index is 612. The zero-order chi connectivity index (χ0) is 15.6. The molecule has 0 fully saturated rings.